The van der Waals surface area contributed by atoms with Crippen molar-refractivity contribution in [2.24, 2.45) is 17.3 Å². The molecule has 2 saturated carbocycles. The number of ketones is 1. The van der Waals surface area contributed by atoms with E-state index in [0.717, 1.165) is 19.3 Å². The van der Waals surface area contributed by atoms with Crippen molar-refractivity contribution in [3.63, 3.8) is 0 Å². The summed E-state index contributed by atoms with van der Waals surface area (Å²) in [5.41, 5.74) is -0.106. The zero-order valence-electron chi connectivity index (χ0n) is 10.3. The summed E-state index contributed by atoms with van der Waals surface area (Å²) in [6.07, 6.45) is 3.16. The van der Waals surface area contributed by atoms with Gasteiger partial charge in [0, 0.05) is 24.2 Å². The van der Waals surface area contributed by atoms with Gasteiger partial charge in [-0.05, 0) is 18.8 Å². The second-order valence-electron chi connectivity index (χ2n) is 5.77. The molecule has 1 saturated heterocycles. The van der Waals surface area contributed by atoms with Crippen LogP contribution in [0.15, 0.2) is 0 Å². The summed E-state index contributed by atoms with van der Waals surface area (Å²) >= 11 is 0. The molecule has 4 nitrogen and oxygen atoms in total. The van der Waals surface area contributed by atoms with Crippen molar-refractivity contribution in [2.45, 2.75) is 38.4 Å². The van der Waals surface area contributed by atoms with E-state index < -0.39 is 5.79 Å². The minimum atomic E-state index is -0.480. The van der Waals surface area contributed by atoms with Crippen LogP contribution in [0.25, 0.3) is 0 Å². The summed E-state index contributed by atoms with van der Waals surface area (Å²) in [7, 11) is 0. The Morgan fingerprint density at radius 2 is 2.06 bits per heavy atom. The molecule has 17 heavy (non-hydrogen) atoms. The molecule has 2 aliphatic carbocycles. The number of ether oxygens (including phenoxy) is 2. The number of hydrogen-bond acceptors (Lipinski definition) is 4. The molecular weight excluding hydrogens is 220 g/mol. The van der Waals surface area contributed by atoms with Crippen LogP contribution < -0.4 is 0 Å². The molecule has 1 N–H and O–H groups in total. The number of hydrogen-bond donors (Lipinski definition) is 1. The van der Waals surface area contributed by atoms with Gasteiger partial charge < -0.3 is 14.6 Å². The van der Waals surface area contributed by atoms with Crippen molar-refractivity contribution in [3.8, 4) is 0 Å². The van der Waals surface area contributed by atoms with Gasteiger partial charge in [-0.15, -0.1) is 0 Å². The number of rotatable bonds is 1. The van der Waals surface area contributed by atoms with E-state index in [1.54, 1.807) is 0 Å². The number of Topliss-reactive ketones (excluding diaryl/α,β-unsaturated/α-hetero) is 1. The van der Waals surface area contributed by atoms with E-state index in [4.69, 9.17) is 9.47 Å². The zero-order chi connectivity index (χ0) is 12.1. The largest absolute Gasteiger partial charge is 0.396 e. The highest BCUT2D eigenvalue weighted by molar-refractivity contribution is 5.82. The van der Waals surface area contributed by atoms with Gasteiger partial charge in [0.05, 0.1) is 19.8 Å². The Labute approximate surface area is 101 Å². The highest BCUT2D eigenvalue weighted by atomic mass is 16.7. The Hall–Kier alpha value is -0.450. The first-order valence-electron chi connectivity index (χ1n) is 6.54. The fourth-order valence-electron chi connectivity index (χ4n) is 4.20. The predicted molar refractivity (Wildman–Crippen MR) is 60.3 cm³/mol. The molecule has 3 fully saturated rings. The van der Waals surface area contributed by atoms with Crippen LogP contribution in [0.3, 0.4) is 0 Å². The molecule has 96 valence electrons. The second kappa shape index (κ2) is 3.77. The summed E-state index contributed by atoms with van der Waals surface area (Å²) in [5, 5.41) is 9.45. The molecule has 3 rings (SSSR count). The standard InChI is InChI=1S/C13H20O4/c1-12-4-3-11(15)9(8-14)10(12)2-5-13(12)16-6-7-17-13/h9-10,14H,2-8H2,1H3/t9?,10?,12-/m1/s1. The summed E-state index contributed by atoms with van der Waals surface area (Å²) < 4.78 is 11.8. The number of aliphatic hydroxyl groups excluding tert-OH is 1. The molecule has 2 unspecified atom stereocenters. The quantitative estimate of drug-likeness (QED) is 0.746. The average Bonchev–Trinajstić information content (AvgIpc) is 2.90. The van der Waals surface area contributed by atoms with Crippen LogP contribution in [-0.4, -0.2) is 36.5 Å². The fraction of sp³-hybridized carbons (Fsp3) is 0.923. The Morgan fingerprint density at radius 1 is 1.35 bits per heavy atom. The third-order valence-corrected chi connectivity index (χ3v) is 5.21. The maximum Gasteiger partial charge on any atom is 0.174 e. The van der Waals surface area contributed by atoms with Crippen LogP contribution in [0.5, 0.6) is 0 Å². The van der Waals surface area contributed by atoms with E-state index in [9.17, 15) is 9.90 Å². The third-order valence-electron chi connectivity index (χ3n) is 5.21. The van der Waals surface area contributed by atoms with Crippen molar-refractivity contribution in [2.75, 3.05) is 19.8 Å². The molecule has 4 heteroatoms. The summed E-state index contributed by atoms with van der Waals surface area (Å²) in [4.78, 5) is 11.9. The normalized spacial score (nSPS) is 44.2. The molecule has 0 bridgehead atoms. The van der Waals surface area contributed by atoms with Crippen molar-refractivity contribution in [1.29, 1.82) is 0 Å². The lowest BCUT2D eigenvalue weighted by Crippen LogP contribution is -2.52. The first-order valence-corrected chi connectivity index (χ1v) is 6.54. The Kier molecular flexibility index (Phi) is 2.58. The monoisotopic (exact) mass is 240 g/mol. The summed E-state index contributed by atoms with van der Waals surface area (Å²) in [6, 6.07) is 0. The lowest BCUT2D eigenvalue weighted by atomic mass is 9.62. The number of fused-ring (bicyclic) bond motifs is 2. The molecule has 3 atom stereocenters. The molecule has 0 aromatic rings. The van der Waals surface area contributed by atoms with Gasteiger partial charge in [0.1, 0.15) is 5.78 Å². The van der Waals surface area contributed by atoms with Crippen LogP contribution in [0.1, 0.15) is 32.6 Å². The predicted octanol–water partition coefficient (Wildman–Crippen LogP) is 1.12. The first-order chi connectivity index (χ1) is 8.13. The summed E-state index contributed by atoms with van der Waals surface area (Å²) in [6.45, 7) is 3.44. The van der Waals surface area contributed by atoms with Gasteiger partial charge in [-0.25, -0.2) is 0 Å². The fourth-order valence-corrected chi connectivity index (χ4v) is 4.20. The Balaban J connectivity index is 1.95. The van der Waals surface area contributed by atoms with E-state index in [1.165, 1.54) is 0 Å². The van der Waals surface area contributed by atoms with E-state index in [1.807, 2.05) is 0 Å². The molecule has 3 aliphatic rings. The smallest absolute Gasteiger partial charge is 0.174 e. The van der Waals surface area contributed by atoms with E-state index in [-0.39, 0.29) is 29.6 Å². The lowest BCUT2D eigenvalue weighted by Gasteiger charge is -2.47. The third kappa shape index (κ3) is 1.38. The maximum absolute atomic E-state index is 11.9. The van der Waals surface area contributed by atoms with Crippen LogP contribution in [0.4, 0.5) is 0 Å². The maximum atomic E-state index is 11.9. The van der Waals surface area contributed by atoms with Crippen LogP contribution in [0.2, 0.25) is 0 Å². The number of carbonyl (C=O) groups excluding carboxylic acids is 1. The average molecular weight is 240 g/mol. The van der Waals surface area contributed by atoms with Crippen molar-refractivity contribution >= 4 is 5.78 Å². The molecular formula is C13H20O4. The highest BCUT2D eigenvalue weighted by Crippen LogP contribution is 2.61. The van der Waals surface area contributed by atoms with Gasteiger partial charge >= 0.3 is 0 Å². The Bertz CT molecular complexity index is 334. The molecule has 0 aromatic carbocycles. The lowest BCUT2D eigenvalue weighted by molar-refractivity contribution is -0.234. The van der Waals surface area contributed by atoms with Gasteiger partial charge in [0.25, 0.3) is 0 Å². The molecule has 0 amide bonds. The van der Waals surface area contributed by atoms with Gasteiger partial charge in [0.2, 0.25) is 0 Å². The topological polar surface area (TPSA) is 55.8 Å². The van der Waals surface area contributed by atoms with Gasteiger partial charge in [0.15, 0.2) is 5.79 Å². The SMILES string of the molecule is C[C@@]12CCC(=O)C(CO)C1CCC21OCCO1. The molecule has 0 radical (unpaired) electrons. The minimum absolute atomic E-state index is 0.0326. The molecule has 1 heterocycles. The molecule has 0 aromatic heterocycles. The first kappa shape index (κ1) is 11.6. The van der Waals surface area contributed by atoms with E-state index in [2.05, 4.69) is 6.92 Å². The molecule has 1 aliphatic heterocycles. The van der Waals surface area contributed by atoms with Crippen LogP contribution in [-0.2, 0) is 14.3 Å². The van der Waals surface area contributed by atoms with Crippen molar-refractivity contribution in [1.82, 2.24) is 0 Å². The van der Waals surface area contributed by atoms with E-state index >= 15 is 0 Å². The van der Waals surface area contributed by atoms with Crippen LogP contribution in [0, 0.1) is 17.3 Å². The minimum Gasteiger partial charge on any atom is -0.396 e. The van der Waals surface area contributed by atoms with Gasteiger partial charge in [-0.2, -0.15) is 0 Å². The van der Waals surface area contributed by atoms with Crippen molar-refractivity contribution < 1.29 is 19.4 Å². The summed E-state index contributed by atoms with van der Waals surface area (Å²) in [5.74, 6) is -0.260. The van der Waals surface area contributed by atoms with Crippen molar-refractivity contribution in [3.05, 3.63) is 0 Å². The van der Waals surface area contributed by atoms with E-state index in [0.29, 0.717) is 19.6 Å². The number of carbonyl (C=O) groups is 1. The molecule has 1 spiro atoms. The highest BCUT2D eigenvalue weighted by Gasteiger charge is 2.64. The zero-order valence-corrected chi connectivity index (χ0v) is 10.3. The van der Waals surface area contributed by atoms with Crippen LogP contribution >= 0.6 is 0 Å². The Morgan fingerprint density at radius 3 is 2.71 bits per heavy atom. The number of aliphatic hydroxyl groups is 1. The van der Waals surface area contributed by atoms with Gasteiger partial charge in [-0.3, -0.25) is 4.79 Å². The second-order valence-corrected chi connectivity index (χ2v) is 5.77. The van der Waals surface area contributed by atoms with Gasteiger partial charge in [-0.1, -0.05) is 6.92 Å².